The molecule has 0 aliphatic rings. The first kappa shape index (κ1) is 11.9. The predicted octanol–water partition coefficient (Wildman–Crippen LogP) is 2.46. The van der Waals surface area contributed by atoms with E-state index < -0.39 is 6.03 Å². The van der Waals surface area contributed by atoms with Gasteiger partial charge in [-0.15, -0.1) is 11.3 Å². The maximum absolute atomic E-state index is 10.7. The van der Waals surface area contributed by atoms with E-state index >= 15 is 0 Å². The van der Waals surface area contributed by atoms with E-state index in [1.54, 1.807) is 29.3 Å². The van der Waals surface area contributed by atoms with Gasteiger partial charge in [0.1, 0.15) is 5.03 Å². The minimum absolute atomic E-state index is 0.460. The van der Waals surface area contributed by atoms with E-state index in [9.17, 15) is 4.79 Å². The first-order chi connectivity index (χ1) is 8.25. The topological polar surface area (TPSA) is 68.0 Å². The summed E-state index contributed by atoms with van der Waals surface area (Å²) in [5, 5.41) is 5.52. The molecule has 0 radical (unpaired) electrons. The van der Waals surface area contributed by atoms with Crippen LogP contribution in [0.25, 0.3) is 0 Å². The zero-order chi connectivity index (χ0) is 12.1. The average molecular weight is 265 g/mol. The van der Waals surface area contributed by atoms with Crippen LogP contribution in [0.2, 0.25) is 0 Å². The molecular weight excluding hydrogens is 254 g/mol. The second kappa shape index (κ2) is 5.70. The molecule has 2 heterocycles. The summed E-state index contributed by atoms with van der Waals surface area (Å²) in [6, 6.07) is 7.29. The molecule has 2 amide bonds. The van der Waals surface area contributed by atoms with E-state index in [0.717, 1.165) is 14.8 Å². The number of primary amides is 1. The molecule has 0 aromatic carbocycles. The molecule has 0 unspecified atom stereocenters. The normalized spacial score (nSPS) is 10.1. The minimum Gasteiger partial charge on any atom is -0.352 e. The number of urea groups is 1. The van der Waals surface area contributed by atoms with Crippen LogP contribution in [0.5, 0.6) is 0 Å². The van der Waals surface area contributed by atoms with E-state index in [2.05, 4.69) is 10.3 Å². The van der Waals surface area contributed by atoms with E-state index in [1.165, 1.54) is 0 Å². The van der Waals surface area contributed by atoms with Gasteiger partial charge in [0.25, 0.3) is 0 Å². The Morgan fingerprint density at radius 1 is 1.47 bits per heavy atom. The van der Waals surface area contributed by atoms with Crippen molar-refractivity contribution in [3.8, 4) is 0 Å². The second-order valence-electron chi connectivity index (χ2n) is 3.20. The van der Waals surface area contributed by atoms with Crippen LogP contribution < -0.4 is 11.1 Å². The van der Waals surface area contributed by atoms with Crippen LogP contribution in [-0.4, -0.2) is 11.0 Å². The molecule has 0 aliphatic carbocycles. The van der Waals surface area contributed by atoms with Gasteiger partial charge in [-0.25, -0.2) is 9.78 Å². The monoisotopic (exact) mass is 265 g/mol. The zero-order valence-corrected chi connectivity index (χ0v) is 10.6. The summed E-state index contributed by atoms with van der Waals surface area (Å²) < 4.78 is 0. The summed E-state index contributed by atoms with van der Waals surface area (Å²) >= 11 is 3.17. The van der Waals surface area contributed by atoms with Gasteiger partial charge in [0.05, 0.1) is 6.54 Å². The van der Waals surface area contributed by atoms with Crippen molar-refractivity contribution in [2.75, 3.05) is 0 Å². The first-order valence-electron chi connectivity index (χ1n) is 4.94. The van der Waals surface area contributed by atoms with Crippen molar-refractivity contribution in [3.05, 3.63) is 40.7 Å². The van der Waals surface area contributed by atoms with Crippen LogP contribution in [0, 0.1) is 0 Å². The molecular formula is C11H11N3OS2. The molecule has 0 aliphatic heterocycles. The van der Waals surface area contributed by atoms with Crippen molar-refractivity contribution in [1.82, 2.24) is 10.3 Å². The van der Waals surface area contributed by atoms with Crippen LogP contribution >= 0.6 is 23.1 Å². The molecule has 0 saturated carbocycles. The highest BCUT2D eigenvalue weighted by Gasteiger charge is 2.07. The smallest absolute Gasteiger partial charge is 0.312 e. The van der Waals surface area contributed by atoms with Crippen LogP contribution in [0.3, 0.4) is 0 Å². The van der Waals surface area contributed by atoms with Crippen molar-refractivity contribution in [3.63, 3.8) is 0 Å². The largest absolute Gasteiger partial charge is 0.352 e. The Morgan fingerprint density at radius 2 is 2.35 bits per heavy atom. The van der Waals surface area contributed by atoms with E-state index in [4.69, 9.17) is 5.73 Å². The Hall–Kier alpha value is -1.53. The van der Waals surface area contributed by atoms with E-state index in [0.29, 0.717) is 6.54 Å². The van der Waals surface area contributed by atoms with Crippen LogP contribution in [0.1, 0.15) is 4.88 Å². The number of pyridine rings is 1. The van der Waals surface area contributed by atoms with Gasteiger partial charge in [-0.3, -0.25) is 0 Å². The Balaban J connectivity index is 2.06. The first-order valence-corrected chi connectivity index (χ1v) is 6.64. The van der Waals surface area contributed by atoms with Crippen molar-refractivity contribution in [2.24, 2.45) is 5.73 Å². The van der Waals surface area contributed by atoms with Crippen LogP contribution in [-0.2, 0) is 6.54 Å². The van der Waals surface area contributed by atoms with Gasteiger partial charge >= 0.3 is 6.03 Å². The average Bonchev–Trinajstić information content (AvgIpc) is 2.75. The number of carbonyl (C=O) groups is 1. The minimum atomic E-state index is -0.507. The molecule has 6 heteroatoms. The maximum atomic E-state index is 10.7. The molecule has 0 saturated heterocycles. The molecule has 3 N–H and O–H groups in total. The lowest BCUT2D eigenvalue weighted by atomic mass is 10.4. The molecule has 0 atom stereocenters. The highest BCUT2D eigenvalue weighted by Crippen LogP contribution is 2.32. The Labute approximate surface area is 107 Å². The number of hydrogen-bond donors (Lipinski definition) is 2. The number of carbonyl (C=O) groups excluding carboxylic acids is 1. The van der Waals surface area contributed by atoms with Gasteiger partial charge in [0.2, 0.25) is 0 Å². The van der Waals surface area contributed by atoms with Gasteiger partial charge in [0, 0.05) is 16.0 Å². The molecule has 2 rings (SSSR count). The SMILES string of the molecule is NC(=O)NCc1sccc1Sc1ccccn1. The number of amides is 2. The van der Waals surface area contributed by atoms with Crippen LogP contribution in [0.15, 0.2) is 45.8 Å². The third-order valence-corrected chi connectivity index (χ3v) is 4.08. The number of hydrogen-bond acceptors (Lipinski definition) is 4. The van der Waals surface area contributed by atoms with E-state index in [1.807, 2.05) is 29.6 Å². The standard InChI is InChI=1S/C11H11N3OS2/c12-11(15)14-7-9-8(4-6-16-9)17-10-3-1-2-5-13-10/h1-6H,7H2,(H3,12,14,15). The van der Waals surface area contributed by atoms with E-state index in [-0.39, 0.29) is 0 Å². The van der Waals surface area contributed by atoms with Gasteiger partial charge in [-0.2, -0.15) is 0 Å². The quantitative estimate of drug-likeness (QED) is 0.892. The van der Waals surface area contributed by atoms with Crippen molar-refractivity contribution in [2.45, 2.75) is 16.5 Å². The van der Waals surface area contributed by atoms with Crippen molar-refractivity contribution >= 4 is 29.1 Å². The summed E-state index contributed by atoms with van der Waals surface area (Å²) in [7, 11) is 0. The molecule has 0 bridgehead atoms. The van der Waals surface area contributed by atoms with Gasteiger partial charge in [-0.1, -0.05) is 17.8 Å². The van der Waals surface area contributed by atoms with Crippen molar-refractivity contribution in [1.29, 1.82) is 0 Å². The Morgan fingerprint density at radius 3 is 3.06 bits per heavy atom. The Bertz CT molecular complexity index is 498. The summed E-state index contributed by atoms with van der Waals surface area (Å²) in [4.78, 5) is 17.1. The molecule has 0 fully saturated rings. The van der Waals surface area contributed by atoms with Gasteiger partial charge in [0.15, 0.2) is 0 Å². The van der Waals surface area contributed by atoms with Crippen LogP contribution in [0.4, 0.5) is 4.79 Å². The predicted molar refractivity (Wildman–Crippen MR) is 69.1 cm³/mol. The number of nitrogens with one attached hydrogen (secondary N) is 1. The third kappa shape index (κ3) is 3.47. The maximum Gasteiger partial charge on any atom is 0.312 e. The lowest BCUT2D eigenvalue weighted by molar-refractivity contribution is 0.248. The third-order valence-electron chi connectivity index (χ3n) is 1.98. The lowest BCUT2D eigenvalue weighted by Crippen LogP contribution is -2.28. The molecule has 2 aromatic heterocycles. The van der Waals surface area contributed by atoms with Gasteiger partial charge in [-0.05, 0) is 23.6 Å². The van der Waals surface area contributed by atoms with Crippen molar-refractivity contribution < 1.29 is 4.79 Å². The number of aromatic nitrogens is 1. The highest BCUT2D eigenvalue weighted by molar-refractivity contribution is 7.99. The summed E-state index contributed by atoms with van der Waals surface area (Å²) in [6.07, 6.45) is 1.76. The fourth-order valence-corrected chi connectivity index (χ4v) is 3.11. The summed E-state index contributed by atoms with van der Waals surface area (Å²) in [5.41, 5.74) is 5.05. The zero-order valence-electron chi connectivity index (χ0n) is 8.92. The fourth-order valence-electron chi connectivity index (χ4n) is 1.24. The molecule has 88 valence electrons. The summed E-state index contributed by atoms with van der Waals surface area (Å²) in [6.45, 7) is 0.460. The summed E-state index contributed by atoms with van der Waals surface area (Å²) in [5.74, 6) is 0. The number of nitrogens with two attached hydrogens (primary N) is 1. The molecule has 17 heavy (non-hydrogen) atoms. The molecule has 4 nitrogen and oxygen atoms in total. The Kier molecular flexibility index (Phi) is 4.00. The number of nitrogens with zero attached hydrogens (tertiary/aromatic N) is 1. The second-order valence-corrected chi connectivity index (χ2v) is 5.26. The highest BCUT2D eigenvalue weighted by atomic mass is 32.2. The fraction of sp³-hybridized carbons (Fsp3) is 0.0909. The molecule has 0 spiro atoms. The lowest BCUT2D eigenvalue weighted by Gasteiger charge is -2.03. The number of rotatable bonds is 4. The number of thiophene rings is 1. The van der Waals surface area contributed by atoms with Gasteiger partial charge < -0.3 is 11.1 Å². The molecule has 2 aromatic rings.